The van der Waals surface area contributed by atoms with Crippen LogP contribution in [0.25, 0.3) is 16.3 Å². The minimum atomic E-state index is -0.0765. The lowest BCUT2D eigenvalue weighted by atomic mass is 9.58. The van der Waals surface area contributed by atoms with Gasteiger partial charge in [-0.1, -0.05) is 66.7 Å². The van der Waals surface area contributed by atoms with Crippen molar-refractivity contribution >= 4 is 40.5 Å². The molecule has 4 aliphatic rings. The summed E-state index contributed by atoms with van der Waals surface area (Å²) in [6, 6.07) is 23.1. The quantitative estimate of drug-likeness (QED) is 0.470. The van der Waals surface area contributed by atoms with Crippen molar-refractivity contribution in [2.24, 2.45) is 23.7 Å². The summed E-state index contributed by atoms with van der Waals surface area (Å²) in [4.78, 5) is 13.7. The van der Waals surface area contributed by atoms with Gasteiger partial charge in [-0.2, -0.15) is 0 Å². The van der Waals surface area contributed by atoms with Crippen molar-refractivity contribution in [3.8, 4) is 0 Å². The van der Waals surface area contributed by atoms with Crippen LogP contribution in [-0.2, 0) is 4.79 Å². The summed E-state index contributed by atoms with van der Waals surface area (Å²) in [6.07, 6.45) is 5.75. The predicted octanol–water partition coefficient (Wildman–Crippen LogP) is 5.18. The molecule has 0 radical (unpaired) electrons. The van der Waals surface area contributed by atoms with Crippen LogP contribution in [0, 0.1) is 23.7 Å². The Morgan fingerprint density at radius 3 is 2.13 bits per heavy atom. The molecule has 2 N–H and O–H groups in total. The summed E-state index contributed by atoms with van der Waals surface area (Å²) in [5.74, 6) is 1.58. The van der Waals surface area contributed by atoms with Gasteiger partial charge < -0.3 is 10.5 Å². The Balaban J connectivity index is 1.42. The zero-order valence-electron chi connectivity index (χ0n) is 16.5. The van der Waals surface area contributed by atoms with Gasteiger partial charge in [-0.05, 0) is 52.7 Å². The summed E-state index contributed by atoms with van der Waals surface area (Å²) in [7, 11) is 0. The highest BCUT2D eigenvalue weighted by atomic mass is 16.1. The number of allylic oxidation sites excluding steroid dienone is 4. The molecule has 4 heteroatoms. The summed E-state index contributed by atoms with van der Waals surface area (Å²) < 4.78 is 0. The Morgan fingerprint density at radius 2 is 1.43 bits per heavy atom. The molecule has 0 aromatic heterocycles. The normalized spacial score (nSPS) is 28.1. The van der Waals surface area contributed by atoms with Crippen LogP contribution in [0.15, 0.2) is 84.4 Å². The number of carbonyl (C=O) groups is 1. The lowest BCUT2D eigenvalue weighted by molar-refractivity contribution is -0.117. The molecule has 144 valence electrons. The van der Waals surface area contributed by atoms with E-state index in [-0.39, 0.29) is 18.8 Å². The average Bonchev–Trinajstić information content (AvgIpc) is 3.47. The maximum Gasteiger partial charge on any atom is 0.402 e. The van der Waals surface area contributed by atoms with Crippen molar-refractivity contribution in [2.75, 3.05) is 10.5 Å². The lowest BCUT2D eigenvalue weighted by Crippen LogP contribution is -2.42. The smallest absolute Gasteiger partial charge is 0.402 e. The molecule has 30 heavy (non-hydrogen) atoms. The number of anilines is 2. The Labute approximate surface area is 176 Å². The average molecular weight is 388 g/mol. The monoisotopic (exact) mass is 388 g/mol. The third-order valence-corrected chi connectivity index (χ3v) is 7.53. The largest absolute Gasteiger partial charge is 0.405 e. The Kier molecular flexibility index (Phi) is 3.24. The maximum atomic E-state index is 13.7. The minimum absolute atomic E-state index is 0.0765. The number of hydrogen-bond acceptors (Lipinski definition) is 3. The first-order valence-electron chi connectivity index (χ1n) is 10.9. The molecule has 0 unspecified atom stereocenters. The zero-order chi connectivity index (χ0) is 19.8. The van der Waals surface area contributed by atoms with Gasteiger partial charge in [0.25, 0.3) is 0 Å². The predicted molar refractivity (Wildman–Crippen MR) is 123 cm³/mol. The van der Waals surface area contributed by atoms with Gasteiger partial charge in [-0.3, -0.25) is 4.79 Å². The molecule has 0 spiro atoms. The van der Waals surface area contributed by atoms with Crippen molar-refractivity contribution in [1.82, 2.24) is 0 Å². The zero-order valence-corrected chi connectivity index (χ0v) is 16.5. The van der Waals surface area contributed by atoms with Crippen molar-refractivity contribution < 1.29 is 4.79 Å². The SMILES string of the molecule is O=C1C(c2ccccc2)=C(B2Nc3cccc4cccc(c34)N2)[C@H]2[C@@H]1[C@@H]1C=C[C@H]2C1. The third kappa shape index (κ3) is 2.09. The van der Waals surface area contributed by atoms with Gasteiger partial charge >= 0.3 is 6.98 Å². The van der Waals surface area contributed by atoms with Gasteiger partial charge in [-0.15, -0.1) is 0 Å². The van der Waals surface area contributed by atoms with E-state index in [9.17, 15) is 4.79 Å². The Bertz CT molecular complexity index is 1240. The first-order chi connectivity index (χ1) is 14.8. The minimum Gasteiger partial charge on any atom is -0.405 e. The molecule has 3 nitrogen and oxygen atoms in total. The van der Waals surface area contributed by atoms with Crippen LogP contribution in [0.1, 0.15) is 12.0 Å². The molecule has 2 bridgehead atoms. The molecule has 1 heterocycles. The topological polar surface area (TPSA) is 41.1 Å². The van der Waals surface area contributed by atoms with E-state index in [2.05, 4.69) is 71.1 Å². The summed E-state index contributed by atoms with van der Waals surface area (Å²) in [5, 5.41) is 9.96. The molecule has 1 fully saturated rings. The fourth-order valence-corrected chi connectivity index (χ4v) is 6.41. The third-order valence-electron chi connectivity index (χ3n) is 7.53. The lowest BCUT2D eigenvalue weighted by Gasteiger charge is -2.32. The van der Waals surface area contributed by atoms with Crippen molar-refractivity contribution in [1.29, 1.82) is 0 Å². The van der Waals surface area contributed by atoms with E-state index in [1.54, 1.807) is 0 Å². The fraction of sp³-hybridized carbons (Fsp3) is 0.192. The maximum absolute atomic E-state index is 13.7. The van der Waals surface area contributed by atoms with E-state index in [4.69, 9.17) is 0 Å². The van der Waals surface area contributed by atoms with Crippen molar-refractivity contribution in [3.63, 3.8) is 0 Å². The van der Waals surface area contributed by atoms with Crippen LogP contribution >= 0.6 is 0 Å². The van der Waals surface area contributed by atoms with Crippen molar-refractivity contribution in [2.45, 2.75) is 6.42 Å². The number of benzene rings is 3. The molecule has 0 saturated heterocycles. The van der Waals surface area contributed by atoms with Gasteiger partial charge in [0.2, 0.25) is 0 Å². The standard InChI is InChI=1S/C26H21BN2O/c30-26-23-18-13-12-17(14-18)22(23)25(24(26)16-6-2-1-3-7-16)27-28-19-10-4-8-15-9-5-11-20(29-27)21(15)19/h1-13,17-18,22-23,28-29H,14H2/t17-,18+,22+,23-/m0/s1. The fourth-order valence-electron chi connectivity index (χ4n) is 6.41. The van der Waals surface area contributed by atoms with Gasteiger partial charge in [0, 0.05) is 28.3 Å². The van der Waals surface area contributed by atoms with Crippen LogP contribution in [-0.4, -0.2) is 12.8 Å². The molecule has 7 rings (SSSR count). The van der Waals surface area contributed by atoms with Crippen LogP contribution in [0.4, 0.5) is 11.4 Å². The van der Waals surface area contributed by atoms with Gasteiger partial charge in [-0.25, -0.2) is 0 Å². The number of Topliss-reactive ketones (excluding diaryl/α,β-unsaturated/α-hetero) is 1. The molecule has 4 atom stereocenters. The molecule has 3 aromatic rings. The highest BCUT2D eigenvalue weighted by molar-refractivity contribution is 6.77. The molecule has 3 aliphatic carbocycles. The molecular formula is C26H21BN2O. The van der Waals surface area contributed by atoms with Crippen LogP contribution in [0.5, 0.6) is 0 Å². The van der Waals surface area contributed by atoms with E-state index < -0.39 is 0 Å². The molecule has 1 aliphatic heterocycles. The first-order valence-corrected chi connectivity index (χ1v) is 10.9. The summed E-state index contributed by atoms with van der Waals surface area (Å²) in [6.45, 7) is -0.0765. The van der Waals surface area contributed by atoms with Crippen molar-refractivity contribution in [3.05, 3.63) is 89.9 Å². The molecule has 0 amide bonds. The second kappa shape index (κ2) is 5.88. The van der Waals surface area contributed by atoms with E-state index in [0.717, 1.165) is 28.9 Å². The van der Waals surface area contributed by atoms with Crippen LogP contribution in [0.3, 0.4) is 0 Å². The molecule has 1 saturated carbocycles. The highest BCUT2D eigenvalue weighted by Crippen LogP contribution is 2.58. The summed E-state index contributed by atoms with van der Waals surface area (Å²) in [5.41, 5.74) is 5.51. The number of rotatable bonds is 2. The number of fused-ring (bicyclic) bond motifs is 5. The van der Waals surface area contributed by atoms with Crippen LogP contribution < -0.4 is 10.5 Å². The van der Waals surface area contributed by atoms with Gasteiger partial charge in [0.15, 0.2) is 5.78 Å². The van der Waals surface area contributed by atoms with E-state index in [1.165, 1.54) is 16.2 Å². The number of nitrogens with one attached hydrogen (secondary N) is 2. The Hall–Kier alpha value is -3.27. The van der Waals surface area contributed by atoms with E-state index >= 15 is 0 Å². The number of ketones is 1. The number of hydrogen-bond donors (Lipinski definition) is 2. The molecule has 3 aromatic carbocycles. The second-order valence-corrected chi connectivity index (χ2v) is 8.99. The highest BCUT2D eigenvalue weighted by Gasteiger charge is 2.57. The second-order valence-electron chi connectivity index (χ2n) is 8.99. The Morgan fingerprint density at radius 1 is 0.767 bits per heavy atom. The van der Waals surface area contributed by atoms with E-state index in [0.29, 0.717) is 17.6 Å². The van der Waals surface area contributed by atoms with E-state index in [1.807, 2.05) is 18.2 Å². The summed E-state index contributed by atoms with van der Waals surface area (Å²) >= 11 is 0. The van der Waals surface area contributed by atoms with Gasteiger partial charge in [0.05, 0.1) is 0 Å². The van der Waals surface area contributed by atoms with Gasteiger partial charge in [0.1, 0.15) is 0 Å². The molecular weight excluding hydrogens is 367 g/mol. The van der Waals surface area contributed by atoms with Crippen LogP contribution in [0.2, 0.25) is 0 Å². The first kappa shape index (κ1) is 16.5. The number of carbonyl (C=O) groups excluding carboxylic acids is 1.